The highest BCUT2D eigenvalue weighted by Gasteiger charge is 2.24. The average Bonchev–Trinajstić information content (AvgIpc) is 3.04. The summed E-state index contributed by atoms with van der Waals surface area (Å²) in [4.78, 5) is 16.4. The van der Waals surface area contributed by atoms with Crippen LogP contribution in [0.4, 0.5) is 0 Å². The number of hydrogen-bond donors (Lipinski definition) is 1. The van der Waals surface area contributed by atoms with Gasteiger partial charge >= 0.3 is 0 Å². The molecule has 1 aliphatic rings. The molecule has 7 heteroatoms. The van der Waals surface area contributed by atoms with Crippen molar-refractivity contribution in [2.75, 3.05) is 0 Å². The van der Waals surface area contributed by atoms with E-state index in [-0.39, 0.29) is 11.9 Å². The van der Waals surface area contributed by atoms with E-state index in [1.54, 1.807) is 15.7 Å². The number of hydrogen-bond acceptors (Lipinski definition) is 4. The Labute approximate surface area is 123 Å². The fourth-order valence-corrected chi connectivity index (χ4v) is 2.91. The van der Waals surface area contributed by atoms with Crippen molar-refractivity contribution >= 4 is 5.91 Å². The normalized spacial score (nSPS) is 15.5. The van der Waals surface area contributed by atoms with Crippen LogP contribution in [0.15, 0.2) is 12.7 Å². The van der Waals surface area contributed by atoms with Crippen molar-refractivity contribution in [2.24, 2.45) is 7.05 Å². The molecule has 0 fully saturated rings. The molecule has 0 saturated carbocycles. The maximum atomic E-state index is 12.5. The lowest BCUT2D eigenvalue weighted by molar-refractivity contribution is 0.0925. The molecule has 0 radical (unpaired) electrons. The fourth-order valence-electron chi connectivity index (χ4n) is 2.91. The number of fused-ring (bicyclic) bond motifs is 1. The van der Waals surface area contributed by atoms with Crippen molar-refractivity contribution in [3.8, 4) is 0 Å². The first-order chi connectivity index (χ1) is 10.1. The van der Waals surface area contributed by atoms with Crippen LogP contribution in [0.5, 0.6) is 0 Å². The molecule has 0 bridgehead atoms. The summed E-state index contributed by atoms with van der Waals surface area (Å²) in [6.45, 7) is 2.56. The molecule has 1 unspecified atom stereocenters. The quantitative estimate of drug-likeness (QED) is 0.898. The Balaban J connectivity index is 1.72. The van der Waals surface area contributed by atoms with Crippen LogP contribution in [0, 0.1) is 0 Å². The van der Waals surface area contributed by atoms with Gasteiger partial charge in [0.25, 0.3) is 5.91 Å². The van der Waals surface area contributed by atoms with Crippen LogP contribution in [0.2, 0.25) is 0 Å². The van der Waals surface area contributed by atoms with Crippen LogP contribution in [-0.2, 0) is 26.4 Å². The molecule has 7 nitrogen and oxygen atoms in total. The highest BCUT2D eigenvalue weighted by Crippen LogP contribution is 2.23. The van der Waals surface area contributed by atoms with Crippen LogP contribution in [0.25, 0.3) is 0 Å². The van der Waals surface area contributed by atoms with Gasteiger partial charge < -0.3 is 5.32 Å². The van der Waals surface area contributed by atoms with Gasteiger partial charge in [-0.1, -0.05) is 0 Å². The third kappa shape index (κ3) is 2.81. The molecule has 0 aromatic carbocycles. The number of carbonyl (C=O) groups excluding carboxylic acids is 1. The predicted molar refractivity (Wildman–Crippen MR) is 76.8 cm³/mol. The van der Waals surface area contributed by atoms with Crippen molar-refractivity contribution in [3.05, 3.63) is 29.6 Å². The monoisotopic (exact) mass is 288 g/mol. The van der Waals surface area contributed by atoms with Gasteiger partial charge in [0.2, 0.25) is 0 Å². The fraction of sp³-hybridized carbons (Fsp3) is 0.571. The van der Waals surface area contributed by atoms with Gasteiger partial charge in [0, 0.05) is 18.7 Å². The maximum absolute atomic E-state index is 12.5. The molecule has 2 aromatic heterocycles. The van der Waals surface area contributed by atoms with Crippen molar-refractivity contribution in [2.45, 2.75) is 45.2 Å². The molecule has 2 aromatic rings. The Hall–Kier alpha value is -2.18. The number of aryl methyl sites for hydroxylation is 2. The Morgan fingerprint density at radius 2 is 2.24 bits per heavy atom. The number of amides is 1. The summed E-state index contributed by atoms with van der Waals surface area (Å²) in [5, 5.41) is 11.6. The third-order valence-corrected chi connectivity index (χ3v) is 3.84. The minimum Gasteiger partial charge on any atom is -0.346 e. The van der Waals surface area contributed by atoms with Crippen molar-refractivity contribution in [1.82, 2.24) is 29.9 Å². The molecule has 0 spiro atoms. The van der Waals surface area contributed by atoms with Gasteiger partial charge in [-0.05, 0) is 32.6 Å². The second-order valence-electron chi connectivity index (χ2n) is 5.60. The molecule has 2 heterocycles. The van der Waals surface area contributed by atoms with Gasteiger partial charge in [-0.3, -0.25) is 14.2 Å². The van der Waals surface area contributed by atoms with E-state index in [2.05, 4.69) is 20.5 Å². The predicted octanol–water partition coefficient (Wildman–Crippen LogP) is 0.709. The Morgan fingerprint density at radius 3 is 3.00 bits per heavy atom. The van der Waals surface area contributed by atoms with E-state index in [4.69, 9.17) is 0 Å². The second kappa shape index (κ2) is 5.67. The van der Waals surface area contributed by atoms with Gasteiger partial charge in [0.1, 0.15) is 18.3 Å². The lowest BCUT2D eigenvalue weighted by Crippen LogP contribution is -2.37. The van der Waals surface area contributed by atoms with Crippen molar-refractivity contribution in [3.63, 3.8) is 0 Å². The van der Waals surface area contributed by atoms with E-state index in [1.165, 1.54) is 6.33 Å². The van der Waals surface area contributed by atoms with E-state index >= 15 is 0 Å². The Bertz CT molecular complexity index is 630. The maximum Gasteiger partial charge on any atom is 0.270 e. The first-order valence-corrected chi connectivity index (χ1v) is 7.33. The zero-order valence-electron chi connectivity index (χ0n) is 12.4. The lowest BCUT2D eigenvalue weighted by atomic mass is 9.95. The van der Waals surface area contributed by atoms with Crippen LogP contribution >= 0.6 is 0 Å². The van der Waals surface area contributed by atoms with Gasteiger partial charge in [-0.25, -0.2) is 4.98 Å². The van der Waals surface area contributed by atoms with Crippen molar-refractivity contribution < 1.29 is 4.79 Å². The highest BCUT2D eigenvalue weighted by atomic mass is 16.2. The molecule has 1 aliphatic carbocycles. The lowest BCUT2D eigenvalue weighted by Gasteiger charge is -2.15. The van der Waals surface area contributed by atoms with E-state index in [1.807, 2.05) is 14.0 Å². The van der Waals surface area contributed by atoms with E-state index in [0.717, 1.165) is 36.9 Å². The molecule has 1 N–H and O–H groups in total. The van der Waals surface area contributed by atoms with Gasteiger partial charge in [0.15, 0.2) is 0 Å². The minimum absolute atomic E-state index is 0.0201. The number of carbonyl (C=O) groups is 1. The van der Waals surface area contributed by atoms with Crippen LogP contribution < -0.4 is 5.32 Å². The van der Waals surface area contributed by atoms with Crippen LogP contribution in [0.3, 0.4) is 0 Å². The van der Waals surface area contributed by atoms with E-state index in [9.17, 15) is 4.79 Å². The average molecular weight is 288 g/mol. The molecule has 3 rings (SSSR count). The summed E-state index contributed by atoms with van der Waals surface area (Å²) >= 11 is 0. The summed E-state index contributed by atoms with van der Waals surface area (Å²) in [6.07, 6.45) is 7.36. The first-order valence-electron chi connectivity index (χ1n) is 7.33. The second-order valence-corrected chi connectivity index (χ2v) is 5.60. The minimum atomic E-state index is -0.0548. The topological polar surface area (TPSA) is 77.6 Å². The molecule has 112 valence electrons. The standard InChI is InChI=1S/C14H20N6O/c1-10(7-20-9-15-8-16-20)17-14(21)13-11-5-3-4-6-12(11)18-19(13)2/h8-10H,3-7H2,1-2H3,(H,17,21). The van der Waals surface area contributed by atoms with E-state index in [0.29, 0.717) is 12.2 Å². The summed E-state index contributed by atoms with van der Waals surface area (Å²) < 4.78 is 3.43. The summed E-state index contributed by atoms with van der Waals surface area (Å²) in [5.41, 5.74) is 2.90. The zero-order chi connectivity index (χ0) is 14.8. The highest BCUT2D eigenvalue weighted by molar-refractivity contribution is 5.94. The molecular weight excluding hydrogens is 268 g/mol. The number of nitrogens with one attached hydrogen (secondary N) is 1. The zero-order valence-corrected chi connectivity index (χ0v) is 12.4. The summed E-state index contributed by atoms with van der Waals surface area (Å²) in [6, 6.07) is -0.0201. The largest absolute Gasteiger partial charge is 0.346 e. The summed E-state index contributed by atoms with van der Waals surface area (Å²) in [5.74, 6) is -0.0548. The molecule has 21 heavy (non-hydrogen) atoms. The Kier molecular flexibility index (Phi) is 3.72. The molecule has 0 aliphatic heterocycles. The van der Waals surface area contributed by atoms with Crippen molar-refractivity contribution in [1.29, 1.82) is 0 Å². The SMILES string of the molecule is CC(Cn1cncn1)NC(=O)c1c2c(nn1C)CCCC2. The number of aromatic nitrogens is 5. The van der Waals surface area contributed by atoms with Crippen LogP contribution in [-0.4, -0.2) is 36.5 Å². The Morgan fingerprint density at radius 1 is 1.43 bits per heavy atom. The van der Waals surface area contributed by atoms with Gasteiger partial charge in [-0.15, -0.1) is 0 Å². The first kappa shape index (κ1) is 13.8. The van der Waals surface area contributed by atoms with E-state index < -0.39 is 0 Å². The van der Waals surface area contributed by atoms with Crippen LogP contribution in [0.1, 0.15) is 41.5 Å². The number of rotatable bonds is 4. The van der Waals surface area contributed by atoms with Gasteiger partial charge in [0.05, 0.1) is 12.2 Å². The smallest absolute Gasteiger partial charge is 0.270 e. The molecule has 1 atom stereocenters. The molecule has 1 amide bonds. The summed E-state index contributed by atoms with van der Waals surface area (Å²) in [7, 11) is 1.84. The third-order valence-electron chi connectivity index (χ3n) is 3.84. The number of nitrogens with zero attached hydrogens (tertiary/aromatic N) is 5. The molecule has 0 saturated heterocycles. The van der Waals surface area contributed by atoms with Gasteiger partial charge in [-0.2, -0.15) is 10.2 Å². The molecular formula is C14H20N6O.